The third-order valence-corrected chi connectivity index (χ3v) is 6.30. The lowest BCUT2D eigenvalue weighted by atomic mass is 9.78. The third-order valence-electron chi connectivity index (χ3n) is 6.05. The highest BCUT2D eigenvalue weighted by molar-refractivity contribution is 6.30. The number of piperidine rings is 1. The third kappa shape index (κ3) is 4.60. The van der Waals surface area contributed by atoms with Gasteiger partial charge in [0.25, 0.3) is 0 Å². The maximum absolute atomic E-state index is 9.43. The summed E-state index contributed by atoms with van der Waals surface area (Å²) in [6.07, 6.45) is 3.23. The Bertz CT molecular complexity index is 591. The molecule has 1 aromatic carbocycles. The molecular formula is C21H32ClNO3. The summed E-state index contributed by atoms with van der Waals surface area (Å²) in [5.41, 5.74) is 1.07. The van der Waals surface area contributed by atoms with Gasteiger partial charge in [0.2, 0.25) is 0 Å². The molecule has 26 heavy (non-hydrogen) atoms. The summed E-state index contributed by atoms with van der Waals surface area (Å²) in [5, 5.41) is 10.2. The first-order chi connectivity index (χ1) is 12.3. The minimum absolute atomic E-state index is 0.0851. The van der Waals surface area contributed by atoms with Crippen LogP contribution in [0, 0.1) is 11.3 Å². The van der Waals surface area contributed by atoms with Gasteiger partial charge in [-0.3, -0.25) is 0 Å². The fourth-order valence-electron chi connectivity index (χ4n) is 4.11. The van der Waals surface area contributed by atoms with E-state index >= 15 is 0 Å². The van der Waals surface area contributed by atoms with Gasteiger partial charge in [0.15, 0.2) is 5.79 Å². The fraction of sp³-hybridized carbons (Fsp3) is 0.714. The molecule has 1 N–H and O–H groups in total. The number of aliphatic hydroxyl groups excluding tert-OH is 1. The van der Waals surface area contributed by atoms with E-state index in [0.29, 0.717) is 12.5 Å². The van der Waals surface area contributed by atoms with E-state index < -0.39 is 5.79 Å². The van der Waals surface area contributed by atoms with E-state index in [9.17, 15) is 5.11 Å². The second kappa shape index (κ2) is 8.15. The van der Waals surface area contributed by atoms with Gasteiger partial charge in [-0.2, -0.15) is 0 Å². The molecular weight excluding hydrogens is 350 g/mol. The molecule has 2 saturated heterocycles. The zero-order chi connectivity index (χ0) is 18.8. The van der Waals surface area contributed by atoms with Crippen molar-refractivity contribution in [3.63, 3.8) is 0 Å². The summed E-state index contributed by atoms with van der Waals surface area (Å²) in [5.74, 6) is -0.206. The van der Waals surface area contributed by atoms with Crippen LogP contribution in [0.15, 0.2) is 24.3 Å². The molecule has 0 amide bonds. The van der Waals surface area contributed by atoms with Crippen LogP contribution in [-0.4, -0.2) is 54.7 Å². The lowest BCUT2D eigenvalue weighted by molar-refractivity contribution is -0.224. The van der Waals surface area contributed by atoms with Crippen LogP contribution in [0.5, 0.6) is 0 Å². The molecule has 3 unspecified atom stereocenters. The van der Waals surface area contributed by atoms with E-state index in [1.165, 1.54) is 5.56 Å². The Kier molecular flexibility index (Phi) is 6.30. The maximum atomic E-state index is 9.43. The molecule has 0 spiro atoms. The second-order valence-corrected chi connectivity index (χ2v) is 9.07. The van der Waals surface area contributed by atoms with Crippen molar-refractivity contribution in [1.29, 1.82) is 0 Å². The summed E-state index contributed by atoms with van der Waals surface area (Å²) in [6.45, 7) is 10.3. The van der Waals surface area contributed by atoms with Crippen LogP contribution in [0.4, 0.5) is 0 Å². The van der Waals surface area contributed by atoms with Crippen LogP contribution < -0.4 is 0 Å². The number of ether oxygens (including phenoxy) is 2. The summed E-state index contributed by atoms with van der Waals surface area (Å²) < 4.78 is 12.6. The number of nitrogens with zero attached hydrogens (tertiary/aromatic N) is 1. The Hall–Kier alpha value is -0.650. The van der Waals surface area contributed by atoms with Gasteiger partial charge in [0.05, 0.1) is 12.7 Å². The predicted octanol–water partition coefficient (Wildman–Crippen LogP) is 3.74. The van der Waals surface area contributed by atoms with Gasteiger partial charge in [-0.15, -0.1) is 0 Å². The molecule has 3 rings (SSSR count). The zero-order valence-electron chi connectivity index (χ0n) is 16.2. The van der Waals surface area contributed by atoms with Crippen molar-refractivity contribution in [2.45, 2.75) is 51.9 Å². The van der Waals surface area contributed by atoms with Crippen molar-refractivity contribution >= 4 is 11.6 Å². The average molecular weight is 382 g/mol. The predicted molar refractivity (Wildman–Crippen MR) is 104 cm³/mol. The molecule has 0 bridgehead atoms. The Morgan fingerprint density at radius 3 is 2.73 bits per heavy atom. The van der Waals surface area contributed by atoms with Crippen molar-refractivity contribution < 1.29 is 14.6 Å². The van der Waals surface area contributed by atoms with Gasteiger partial charge in [0, 0.05) is 30.1 Å². The van der Waals surface area contributed by atoms with E-state index in [-0.39, 0.29) is 18.1 Å². The first-order valence-electron chi connectivity index (χ1n) is 9.71. The Balaban J connectivity index is 1.58. The Morgan fingerprint density at radius 1 is 1.31 bits per heavy atom. The molecule has 3 atom stereocenters. The van der Waals surface area contributed by atoms with Gasteiger partial charge < -0.3 is 19.5 Å². The topological polar surface area (TPSA) is 41.9 Å². The van der Waals surface area contributed by atoms with Crippen LogP contribution >= 0.6 is 11.6 Å². The normalized spacial score (nSPS) is 30.7. The van der Waals surface area contributed by atoms with Crippen molar-refractivity contribution in [1.82, 2.24) is 4.90 Å². The van der Waals surface area contributed by atoms with Gasteiger partial charge in [-0.05, 0) is 56.3 Å². The highest BCUT2D eigenvalue weighted by atomic mass is 35.5. The Labute approximate surface area is 162 Å². The molecule has 0 radical (unpaired) electrons. The lowest BCUT2D eigenvalue weighted by Crippen LogP contribution is -2.46. The standard InChI is InChI=1S/C21H32ClNO3/c1-20(2,11-16-6-8-18(22)9-7-16)21(3)25-15-19(26-21)13-23-10-4-5-17(12-23)14-24/h6-9,17,19,24H,4-5,10-15H2,1-3H3. The average Bonchev–Trinajstić information content (AvgIpc) is 3.00. The second-order valence-electron chi connectivity index (χ2n) is 8.63. The van der Waals surface area contributed by atoms with Gasteiger partial charge in [-0.1, -0.05) is 37.6 Å². The van der Waals surface area contributed by atoms with E-state index in [4.69, 9.17) is 21.1 Å². The maximum Gasteiger partial charge on any atom is 0.171 e. The molecule has 2 aliphatic rings. The zero-order valence-corrected chi connectivity index (χ0v) is 17.0. The number of benzene rings is 1. The molecule has 5 heteroatoms. The van der Waals surface area contributed by atoms with Gasteiger partial charge in [0.1, 0.15) is 0 Å². The molecule has 2 fully saturated rings. The largest absolute Gasteiger partial charge is 0.396 e. The number of hydrogen-bond donors (Lipinski definition) is 1. The van der Waals surface area contributed by atoms with Crippen LogP contribution in [0.25, 0.3) is 0 Å². The van der Waals surface area contributed by atoms with Crippen LogP contribution in [0.2, 0.25) is 5.02 Å². The number of rotatable bonds is 6. The van der Waals surface area contributed by atoms with E-state index in [1.807, 2.05) is 12.1 Å². The summed E-state index contributed by atoms with van der Waals surface area (Å²) in [7, 11) is 0. The number of hydrogen-bond acceptors (Lipinski definition) is 4. The number of aliphatic hydroxyl groups is 1. The van der Waals surface area contributed by atoms with E-state index in [0.717, 1.165) is 43.9 Å². The van der Waals surface area contributed by atoms with Crippen molar-refractivity contribution in [3.05, 3.63) is 34.9 Å². The summed E-state index contributed by atoms with van der Waals surface area (Å²) in [6, 6.07) is 8.01. The molecule has 0 saturated carbocycles. The molecule has 0 aliphatic carbocycles. The molecule has 2 aliphatic heterocycles. The summed E-state index contributed by atoms with van der Waals surface area (Å²) >= 11 is 6.00. The SMILES string of the molecule is CC(C)(Cc1ccc(Cl)cc1)C1(C)OCC(CN2CCCC(CO)C2)O1. The first kappa shape index (κ1) is 20.1. The molecule has 2 heterocycles. The van der Waals surface area contributed by atoms with Crippen molar-refractivity contribution in [2.75, 3.05) is 32.8 Å². The smallest absolute Gasteiger partial charge is 0.171 e. The van der Waals surface area contributed by atoms with E-state index in [1.54, 1.807) is 0 Å². The highest BCUT2D eigenvalue weighted by Crippen LogP contribution is 2.42. The minimum Gasteiger partial charge on any atom is -0.396 e. The van der Waals surface area contributed by atoms with Crippen molar-refractivity contribution in [3.8, 4) is 0 Å². The van der Waals surface area contributed by atoms with Gasteiger partial charge >= 0.3 is 0 Å². The van der Waals surface area contributed by atoms with Crippen LogP contribution in [0.1, 0.15) is 39.2 Å². The van der Waals surface area contributed by atoms with Crippen LogP contribution in [-0.2, 0) is 15.9 Å². The number of likely N-dealkylation sites (tertiary alicyclic amines) is 1. The van der Waals surface area contributed by atoms with Gasteiger partial charge in [-0.25, -0.2) is 0 Å². The first-order valence-corrected chi connectivity index (χ1v) is 10.1. The quantitative estimate of drug-likeness (QED) is 0.814. The molecule has 146 valence electrons. The van der Waals surface area contributed by atoms with Crippen LogP contribution in [0.3, 0.4) is 0 Å². The highest BCUT2D eigenvalue weighted by Gasteiger charge is 2.49. The minimum atomic E-state index is -0.608. The molecule has 0 aromatic heterocycles. The number of halogens is 1. The molecule has 1 aromatic rings. The lowest BCUT2D eigenvalue weighted by Gasteiger charge is -2.40. The molecule has 4 nitrogen and oxygen atoms in total. The van der Waals surface area contributed by atoms with E-state index in [2.05, 4.69) is 37.8 Å². The fourth-order valence-corrected chi connectivity index (χ4v) is 4.24. The monoisotopic (exact) mass is 381 g/mol. The summed E-state index contributed by atoms with van der Waals surface area (Å²) in [4.78, 5) is 2.41. The Morgan fingerprint density at radius 2 is 2.04 bits per heavy atom. The van der Waals surface area contributed by atoms with Crippen molar-refractivity contribution in [2.24, 2.45) is 11.3 Å².